The van der Waals surface area contributed by atoms with Gasteiger partial charge in [0.1, 0.15) is 18.2 Å². The van der Waals surface area contributed by atoms with Crippen LogP contribution in [0.4, 0.5) is 4.39 Å². The predicted molar refractivity (Wildman–Crippen MR) is 77.6 cm³/mol. The Bertz CT molecular complexity index is 611. The van der Waals surface area contributed by atoms with Crippen LogP contribution < -0.4 is 4.74 Å². The Balaban J connectivity index is 2.20. The minimum absolute atomic E-state index is 0.224. The van der Waals surface area contributed by atoms with Crippen molar-refractivity contribution in [2.75, 3.05) is 0 Å². The third kappa shape index (κ3) is 3.50. The van der Waals surface area contributed by atoms with E-state index in [4.69, 9.17) is 16.3 Å². The van der Waals surface area contributed by atoms with E-state index >= 15 is 0 Å². The summed E-state index contributed by atoms with van der Waals surface area (Å²) in [6, 6.07) is 9.75. The maximum Gasteiger partial charge on any atom is 0.128 e. The van der Waals surface area contributed by atoms with E-state index in [-0.39, 0.29) is 6.61 Å². The molecule has 106 valence electrons. The van der Waals surface area contributed by atoms with Gasteiger partial charge in [-0.05, 0) is 37.6 Å². The summed E-state index contributed by atoms with van der Waals surface area (Å²) in [6.45, 7) is 3.79. The van der Waals surface area contributed by atoms with Crippen LogP contribution in [0.25, 0.3) is 0 Å². The topological polar surface area (TPSA) is 29.5 Å². The smallest absolute Gasteiger partial charge is 0.128 e. The molecule has 0 amide bonds. The quantitative estimate of drug-likeness (QED) is 0.904. The molecular weight excluding hydrogens is 279 g/mol. The Labute approximate surface area is 122 Å². The lowest BCUT2D eigenvalue weighted by atomic mass is 10.1. The molecule has 0 unspecified atom stereocenters. The number of benzene rings is 2. The molecule has 0 fully saturated rings. The summed E-state index contributed by atoms with van der Waals surface area (Å²) in [5, 5.41) is 10.3. The van der Waals surface area contributed by atoms with Crippen LogP contribution in [0.15, 0.2) is 36.4 Å². The Morgan fingerprint density at radius 1 is 1.25 bits per heavy atom. The van der Waals surface area contributed by atoms with Gasteiger partial charge in [0.2, 0.25) is 0 Å². The molecule has 0 spiro atoms. The molecule has 2 aromatic carbocycles. The van der Waals surface area contributed by atoms with Crippen molar-refractivity contribution in [2.45, 2.75) is 26.6 Å². The van der Waals surface area contributed by atoms with Gasteiger partial charge in [0, 0.05) is 22.2 Å². The Morgan fingerprint density at radius 2 is 2.00 bits per heavy atom. The lowest BCUT2D eigenvalue weighted by Crippen LogP contribution is -2.02. The average Bonchev–Trinajstić information content (AvgIpc) is 2.37. The number of aliphatic hydroxyl groups is 1. The highest BCUT2D eigenvalue weighted by Gasteiger charge is 2.11. The first-order chi connectivity index (χ1) is 9.47. The van der Waals surface area contributed by atoms with Crippen molar-refractivity contribution in [1.82, 2.24) is 0 Å². The molecule has 1 atom stereocenters. The number of hydrogen-bond acceptors (Lipinski definition) is 2. The second-order valence-corrected chi connectivity index (χ2v) is 5.15. The van der Waals surface area contributed by atoms with Crippen LogP contribution >= 0.6 is 11.6 Å². The Hall–Kier alpha value is -1.58. The van der Waals surface area contributed by atoms with Gasteiger partial charge in [-0.15, -0.1) is 0 Å². The van der Waals surface area contributed by atoms with Crippen molar-refractivity contribution >= 4 is 11.6 Å². The van der Waals surface area contributed by atoms with Crippen LogP contribution in [0.3, 0.4) is 0 Å². The highest BCUT2D eigenvalue weighted by atomic mass is 35.5. The zero-order valence-electron chi connectivity index (χ0n) is 11.4. The van der Waals surface area contributed by atoms with E-state index in [1.54, 1.807) is 6.92 Å². The first kappa shape index (κ1) is 14.8. The normalized spacial score (nSPS) is 12.2. The van der Waals surface area contributed by atoms with E-state index in [2.05, 4.69) is 0 Å². The largest absolute Gasteiger partial charge is 0.488 e. The molecule has 2 nitrogen and oxygen atoms in total. The van der Waals surface area contributed by atoms with Crippen LogP contribution in [0.1, 0.15) is 29.7 Å². The number of aryl methyl sites for hydroxylation is 1. The van der Waals surface area contributed by atoms with E-state index < -0.39 is 11.9 Å². The molecule has 0 radical (unpaired) electrons. The molecular formula is C16H16ClFO2. The molecule has 2 rings (SSSR count). The van der Waals surface area contributed by atoms with Crippen molar-refractivity contribution < 1.29 is 14.2 Å². The van der Waals surface area contributed by atoms with E-state index in [1.807, 2.05) is 25.1 Å². The van der Waals surface area contributed by atoms with Crippen molar-refractivity contribution in [1.29, 1.82) is 0 Å². The van der Waals surface area contributed by atoms with Crippen molar-refractivity contribution in [3.8, 4) is 5.75 Å². The maximum absolute atomic E-state index is 13.3. The molecule has 1 N–H and O–H groups in total. The molecule has 0 aliphatic carbocycles. The van der Waals surface area contributed by atoms with E-state index in [0.717, 1.165) is 11.1 Å². The van der Waals surface area contributed by atoms with Crippen molar-refractivity contribution in [3.63, 3.8) is 0 Å². The summed E-state index contributed by atoms with van der Waals surface area (Å²) in [7, 11) is 0. The predicted octanol–water partition coefficient (Wildman–Crippen LogP) is 4.42. The maximum atomic E-state index is 13.3. The molecule has 0 heterocycles. The zero-order valence-corrected chi connectivity index (χ0v) is 12.1. The van der Waals surface area contributed by atoms with Gasteiger partial charge in [-0.1, -0.05) is 23.7 Å². The van der Waals surface area contributed by atoms with Gasteiger partial charge in [0.25, 0.3) is 0 Å². The van der Waals surface area contributed by atoms with Crippen LogP contribution in [0.2, 0.25) is 5.02 Å². The Morgan fingerprint density at radius 3 is 2.65 bits per heavy atom. The van der Waals surface area contributed by atoms with Gasteiger partial charge < -0.3 is 9.84 Å². The molecule has 0 saturated carbocycles. The standard InChI is InChI=1S/C16H16ClFO2/c1-10-3-4-12(15(17)7-10)9-20-16-8-13(18)5-6-14(16)11(2)19/h3-8,11,19H,9H2,1-2H3/t11-/m1/s1. The summed E-state index contributed by atoms with van der Waals surface area (Å²) < 4.78 is 18.9. The lowest BCUT2D eigenvalue weighted by molar-refractivity contribution is 0.190. The van der Waals surface area contributed by atoms with Gasteiger partial charge in [-0.3, -0.25) is 0 Å². The molecule has 0 aromatic heterocycles. The monoisotopic (exact) mass is 294 g/mol. The second kappa shape index (κ2) is 6.25. The Kier molecular flexibility index (Phi) is 4.63. The van der Waals surface area contributed by atoms with E-state index in [1.165, 1.54) is 18.2 Å². The molecule has 4 heteroatoms. The zero-order chi connectivity index (χ0) is 14.7. The van der Waals surface area contributed by atoms with Crippen LogP contribution in [-0.2, 0) is 6.61 Å². The van der Waals surface area contributed by atoms with Gasteiger partial charge in [-0.25, -0.2) is 4.39 Å². The van der Waals surface area contributed by atoms with Crippen LogP contribution in [0.5, 0.6) is 5.75 Å². The third-order valence-electron chi connectivity index (χ3n) is 3.02. The first-order valence-corrected chi connectivity index (χ1v) is 6.70. The fourth-order valence-corrected chi connectivity index (χ4v) is 2.19. The SMILES string of the molecule is Cc1ccc(COc2cc(F)ccc2[C@@H](C)O)c(Cl)c1. The molecule has 0 aliphatic rings. The first-order valence-electron chi connectivity index (χ1n) is 6.32. The summed E-state index contributed by atoms with van der Waals surface area (Å²) in [5.74, 6) is -0.0731. The molecule has 0 aliphatic heterocycles. The minimum Gasteiger partial charge on any atom is -0.488 e. The summed E-state index contributed by atoms with van der Waals surface area (Å²) in [4.78, 5) is 0. The number of aliphatic hydroxyl groups excluding tert-OH is 1. The van der Waals surface area contributed by atoms with Crippen LogP contribution in [-0.4, -0.2) is 5.11 Å². The van der Waals surface area contributed by atoms with Gasteiger partial charge >= 0.3 is 0 Å². The van der Waals surface area contributed by atoms with E-state index in [9.17, 15) is 9.50 Å². The molecule has 0 saturated heterocycles. The van der Waals surface area contributed by atoms with Crippen molar-refractivity contribution in [2.24, 2.45) is 0 Å². The highest BCUT2D eigenvalue weighted by Crippen LogP contribution is 2.28. The number of ether oxygens (including phenoxy) is 1. The summed E-state index contributed by atoms with van der Waals surface area (Å²) in [5.41, 5.74) is 2.43. The third-order valence-corrected chi connectivity index (χ3v) is 3.37. The minimum atomic E-state index is -0.723. The highest BCUT2D eigenvalue weighted by molar-refractivity contribution is 6.31. The van der Waals surface area contributed by atoms with Gasteiger partial charge in [0.05, 0.1) is 6.10 Å². The fourth-order valence-electron chi connectivity index (χ4n) is 1.90. The van der Waals surface area contributed by atoms with Gasteiger partial charge in [0.15, 0.2) is 0 Å². The number of rotatable bonds is 4. The average molecular weight is 295 g/mol. The molecule has 20 heavy (non-hydrogen) atoms. The lowest BCUT2D eigenvalue weighted by Gasteiger charge is -2.14. The summed E-state index contributed by atoms with van der Waals surface area (Å²) in [6.07, 6.45) is -0.723. The fraction of sp³-hybridized carbons (Fsp3) is 0.250. The van der Waals surface area contributed by atoms with Crippen molar-refractivity contribution in [3.05, 3.63) is 63.9 Å². The number of hydrogen-bond donors (Lipinski definition) is 1. The molecule has 0 bridgehead atoms. The number of halogens is 2. The summed E-state index contributed by atoms with van der Waals surface area (Å²) >= 11 is 6.13. The van der Waals surface area contributed by atoms with E-state index in [0.29, 0.717) is 16.3 Å². The molecule has 2 aromatic rings. The van der Waals surface area contributed by atoms with Crippen LogP contribution in [0, 0.1) is 12.7 Å². The van der Waals surface area contributed by atoms with Gasteiger partial charge in [-0.2, -0.15) is 0 Å². The second-order valence-electron chi connectivity index (χ2n) is 4.74.